The van der Waals surface area contributed by atoms with Crippen molar-refractivity contribution in [3.8, 4) is 16.9 Å². The molecule has 0 atom stereocenters. The van der Waals surface area contributed by atoms with Crippen LogP contribution in [0.2, 0.25) is 0 Å². The number of furan rings is 2. The van der Waals surface area contributed by atoms with Crippen molar-refractivity contribution in [2.45, 2.75) is 6.54 Å². The number of hydrogen-bond donors (Lipinski definition) is 1. The van der Waals surface area contributed by atoms with Crippen LogP contribution in [-0.4, -0.2) is 13.0 Å². The maximum Gasteiger partial charge on any atom is 0.287 e. The number of carbonyl (C=O) groups excluding carboxylic acids is 1. The molecule has 3 aromatic heterocycles. The predicted octanol–water partition coefficient (Wildman–Crippen LogP) is 4.69. The van der Waals surface area contributed by atoms with Gasteiger partial charge in [-0.2, -0.15) is 0 Å². The average molecular weight is 353 g/mol. The normalized spacial score (nSPS) is 10.9. The number of fused-ring (bicyclic) bond motifs is 1. The zero-order chi connectivity index (χ0) is 17.2. The third kappa shape index (κ3) is 3.04. The molecule has 0 aliphatic heterocycles. The number of hydrogen-bond acceptors (Lipinski definition) is 5. The molecule has 6 heteroatoms. The van der Waals surface area contributed by atoms with Crippen molar-refractivity contribution in [1.82, 2.24) is 5.32 Å². The minimum atomic E-state index is -0.253. The molecule has 0 radical (unpaired) electrons. The number of thiophene rings is 1. The van der Waals surface area contributed by atoms with Crippen LogP contribution in [0.25, 0.3) is 22.1 Å². The Morgan fingerprint density at radius 1 is 1.24 bits per heavy atom. The van der Waals surface area contributed by atoms with Crippen LogP contribution in [-0.2, 0) is 6.54 Å². The van der Waals surface area contributed by atoms with Gasteiger partial charge in [0, 0.05) is 15.8 Å². The zero-order valence-corrected chi connectivity index (χ0v) is 14.3. The lowest BCUT2D eigenvalue weighted by Gasteiger charge is -2.01. The first-order chi connectivity index (χ1) is 12.2. The Kier molecular flexibility index (Phi) is 4.03. The summed E-state index contributed by atoms with van der Waals surface area (Å²) in [6, 6.07) is 11.2. The van der Waals surface area contributed by atoms with E-state index in [1.54, 1.807) is 43.1 Å². The lowest BCUT2D eigenvalue weighted by atomic mass is 10.2. The minimum Gasteiger partial charge on any atom is -0.493 e. The smallest absolute Gasteiger partial charge is 0.287 e. The van der Waals surface area contributed by atoms with Gasteiger partial charge in [-0.3, -0.25) is 4.79 Å². The summed E-state index contributed by atoms with van der Waals surface area (Å²) in [5.41, 5.74) is 2.68. The SMILES string of the molecule is COc1cccc2cc(C(=O)NCc3cc(-c4ccoc4)cs3)oc12. The second-order valence-corrected chi connectivity index (χ2v) is 6.48. The van der Waals surface area contributed by atoms with Gasteiger partial charge < -0.3 is 18.9 Å². The molecular formula is C19H15NO4S. The Bertz CT molecular complexity index is 1010. The minimum absolute atomic E-state index is 0.253. The first kappa shape index (κ1) is 15.5. The summed E-state index contributed by atoms with van der Waals surface area (Å²) in [6.45, 7) is 0.440. The molecule has 0 aliphatic carbocycles. The number of carbonyl (C=O) groups is 1. The zero-order valence-electron chi connectivity index (χ0n) is 13.4. The van der Waals surface area contributed by atoms with Crippen LogP contribution in [0.3, 0.4) is 0 Å². The Labute approximate surface area is 147 Å². The topological polar surface area (TPSA) is 64.6 Å². The van der Waals surface area contributed by atoms with Crippen molar-refractivity contribution in [2.24, 2.45) is 0 Å². The van der Waals surface area contributed by atoms with Gasteiger partial charge in [0.05, 0.1) is 26.2 Å². The van der Waals surface area contributed by atoms with Crippen LogP contribution < -0.4 is 10.1 Å². The van der Waals surface area contributed by atoms with E-state index in [1.165, 1.54) is 0 Å². The molecule has 4 rings (SSSR count). The Hall–Kier alpha value is -2.99. The lowest BCUT2D eigenvalue weighted by molar-refractivity contribution is 0.0925. The van der Waals surface area contributed by atoms with Crippen molar-refractivity contribution >= 4 is 28.2 Å². The summed E-state index contributed by atoms with van der Waals surface area (Å²) in [6.07, 6.45) is 3.34. The highest BCUT2D eigenvalue weighted by atomic mass is 32.1. The summed E-state index contributed by atoms with van der Waals surface area (Å²) in [4.78, 5) is 13.4. The average Bonchev–Trinajstić information content (AvgIpc) is 3.38. The van der Waals surface area contributed by atoms with Crippen LogP contribution in [0.15, 0.2) is 63.1 Å². The van der Waals surface area contributed by atoms with Crippen LogP contribution in [0, 0.1) is 0 Å². The largest absolute Gasteiger partial charge is 0.493 e. The van der Waals surface area contributed by atoms with Crippen molar-refractivity contribution < 1.29 is 18.4 Å². The molecule has 1 N–H and O–H groups in total. The Morgan fingerprint density at radius 3 is 2.96 bits per heavy atom. The summed E-state index contributed by atoms with van der Waals surface area (Å²) < 4.78 is 16.0. The fourth-order valence-electron chi connectivity index (χ4n) is 2.62. The van der Waals surface area contributed by atoms with E-state index < -0.39 is 0 Å². The molecule has 0 fully saturated rings. The lowest BCUT2D eigenvalue weighted by Crippen LogP contribution is -2.21. The second kappa shape index (κ2) is 6.49. The van der Waals surface area contributed by atoms with E-state index in [0.29, 0.717) is 17.9 Å². The fraction of sp³-hybridized carbons (Fsp3) is 0.105. The van der Waals surface area contributed by atoms with Crippen LogP contribution in [0.5, 0.6) is 5.75 Å². The van der Waals surface area contributed by atoms with Crippen LogP contribution in [0.1, 0.15) is 15.4 Å². The molecule has 0 bridgehead atoms. The van der Waals surface area contributed by atoms with E-state index >= 15 is 0 Å². The van der Waals surface area contributed by atoms with Gasteiger partial charge in [-0.25, -0.2) is 0 Å². The molecule has 4 aromatic rings. The molecule has 1 aromatic carbocycles. The molecule has 1 amide bonds. The quantitative estimate of drug-likeness (QED) is 0.565. The predicted molar refractivity (Wildman–Crippen MR) is 96.0 cm³/mol. The summed E-state index contributed by atoms with van der Waals surface area (Å²) in [5.74, 6) is 0.627. The fourth-order valence-corrected chi connectivity index (χ4v) is 3.45. The van der Waals surface area contributed by atoms with E-state index in [9.17, 15) is 4.79 Å². The van der Waals surface area contributed by atoms with E-state index in [4.69, 9.17) is 13.6 Å². The van der Waals surface area contributed by atoms with Crippen LogP contribution in [0.4, 0.5) is 0 Å². The monoisotopic (exact) mass is 353 g/mol. The summed E-state index contributed by atoms with van der Waals surface area (Å²) in [5, 5.41) is 5.76. The summed E-state index contributed by atoms with van der Waals surface area (Å²) in [7, 11) is 1.57. The first-order valence-electron chi connectivity index (χ1n) is 7.69. The van der Waals surface area contributed by atoms with Gasteiger partial charge in [0.25, 0.3) is 5.91 Å². The van der Waals surface area contributed by atoms with E-state index in [-0.39, 0.29) is 11.7 Å². The third-order valence-corrected chi connectivity index (χ3v) is 4.82. The number of rotatable bonds is 5. The molecule has 0 unspecified atom stereocenters. The molecule has 0 aliphatic rings. The van der Waals surface area contributed by atoms with Gasteiger partial charge in [-0.15, -0.1) is 11.3 Å². The third-order valence-electron chi connectivity index (χ3n) is 3.88. The first-order valence-corrected chi connectivity index (χ1v) is 8.57. The van der Waals surface area contributed by atoms with Crippen molar-refractivity contribution in [3.63, 3.8) is 0 Å². The molecule has 3 heterocycles. The number of nitrogens with one attached hydrogen (secondary N) is 1. The highest BCUT2D eigenvalue weighted by Gasteiger charge is 2.15. The molecular weight excluding hydrogens is 338 g/mol. The maximum absolute atomic E-state index is 12.4. The Balaban J connectivity index is 1.47. The number of para-hydroxylation sites is 1. The maximum atomic E-state index is 12.4. The number of amides is 1. The highest BCUT2D eigenvalue weighted by molar-refractivity contribution is 7.10. The van der Waals surface area contributed by atoms with Crippen molar-refractivity contribution in [3.05, 3.63) is 64.9 Å². The number of methoxy groups -OCH3 is 1. The van der Waals surface area contributed by atoms with E-state index in [1.807, 2.05) is 29.6 Å². The second-order valence-electron chi connectivity index (χ2n) is 5.49. The van der Waals surface area contributed by atoms with Crippen molar-refractivity contribution in [1.29, 1.82) is 0 Å². The summed E-state index contributed by atoms with van der Waals surface area (Å²) >= 11 is 1.59. The van der Waals surface area contributed by atoms with Gasteiger partial charge in [-0.1, -0.05) is 12.1 Å². The van der Waals surface area contributed by atoms with Gasteiger partial charge in [0.1, 0.15) is 0 Å². The molecule has 126 valence electrons. The molecule has 0 spiro atoms. The molecule has 25 heavy (non-hydrogen) atoms. The Morgan fingerprint density at radius 2 is 2.16 bits per heavy atom. The van der Waals surface area contributed by atoms with Gasteiger partial charge in [-0.05, 0) is 35.2 Å². The van der Waals surface area contributed by atoms with Gasteiger partial charge in [0.2, 0.25) is 0 Å². The van der Waals surface area contributed by atoms with E-state index in [0.717, 1.165) is 21.4 Å². The molecule has 0 saturated heterocycles. The standard InChI is InChI=1S/C19H15NO4S/c1-22-16-4-2-3-12-8-17(24-18(12)16)19(21)20-9-15-7-14(11-25-15)13-5-6-23-10-13/h2-8,10-11H,9H2,1H3,(H,20,21). The molecule has 0 saturated carbocycles. The van der Waals surface area contributed by atoms with Crippen molar-refractivity contribution in [2.75, 3.05) is 7.11 Å². The van der Waals surface area contributed by atoms with Gasteiger partial charge >= 0.3 is 0 Å². The highest BCUT2D eigenvalue weighted by Crippen LogP contribution is 2.29. The molecule has 5 nitrogen and oxygen atoms in total. The van der Waals surface area contributed by atoms with E-state index in [2.05, 4.69) is 5.32 Å². The van der Waals surface area contributed by atoms with Gasteiger partial charge in [0.15, 0.2) is 17.1 Å². The van der Waals surface area contributed by atoms with Crippen LogP contribution >= 0.6 is 11.3 Å². The number of ether oxygens (including phenoxy) is 1. The number of benzene rings is 1.